The fourth-order valence-corrected chi connectivity index (χ4v) is 1.03. The molecule has 0 spiro atoms. The third-order valence-corrected chi connectivity index (χ3v) is 1.54. The Morgan fingerprint density at radius 2 is 2.36 bits per heavy atom. The summed E-state index contributed by atoms with van der Waals surface area (Å²) >= 11 is 0. The van der Waals surface area contributed by atoms with Gasteiger partial charge in [0.2, 0.25) is 0 Å². The summed E-state index contributed by atoms with van der Waals surface area (Å²) < 4.78 is 10.1. The standard InChI is InChI=1S/C8H7NO2/c1-10-6-3-2-4-7-8(6)9-5-11-7/h2-5H,1H3. The Hall–Kier alpha value is -1.51. The molecule has 0 unspecified atom stereocenters. The molecule has 3 nitrogen and oxygen atoms in total. The van der Waals surface area contributed by atoms with Gasteiger partial charge in [0, 0.05) is 0 Å². The number of benzene rings is 1. The minimum absolute atomic E-state index is 0.747. The lowest BCUT2D eigenvalue weighted by Gasteiger charge is -1.96. The van der Waals surface area contributed by atoms with Crippen LogP contribution >= 0.6 is 0 Å². The highest BCUT2D eigenvalue weighted by Crippen LogP contribution is 2.22. The van der Waals surface area contributed by atoms with E-state index in [1.807, 2.05) is 18.2 Å². The Labute approximate surface area is 63.6 Å². The van der Waals surface area contributed by atoms with Crippen LogP contribution in [0.2, 0.25) is 0 Å². The van der Waals surface area contributed by atoms with E-state index in [0.29, 0.717) is 0 Å². The number of para-hydroxylation sites is 1. The second kappa shape index (κ2) is 2.27. The van der Waals surface area contributed by atoms with Crippen LogP contribution in [0.5, 0.6) is 5.75 Å². The van der Waals surface area contributed by atoms with Crippen molar-refractivity contribution in [3.05, 3.63) is 24.6 Å². The fourth-order valence-electron chi connectivity index (χ4n) is 1.03. The van der Waals surface area contributed by atoms with E-state index in [1.54, 1.807) is 7.11 Å². The molecule has 2 rings (SSSR count). The summed E-state index contributed by atoms with van der Waals surface area (Å²) in [5.41, 5.74) is 1.53. The quantitative estimate of drug-likeness (QED) is 0.620. The number of methoxy groups -OCH3 is 1. The molecule has 0 N–H and O–H groups in total. The Balaban J connectivity index is 2.79. The second-order valence-electron chi connectivity index (χ2n) is 2.16. The van der Waals surface area contributed by atoms with E-state index in [1.165, 1.54) is 6.39 Å². The van der Waals surface area contributed by atoms with Crippen LogP contribution < -0.4 is 4.74 Å². The number of aromatic nitrogens is 1. The highest BCUT2D eigenvalue weighted by molar-refractivity contribution is 5.79. The first-order chi connectivity index (χ1) is 5.42. The van der Waals surface area contributed by atoms with Crippen molar-refractivity contribution in [1.82, 2.24) is 4.98 Å². The Morgan fingerprint density at radius 3 is 3.18 bits per heavy atom. The first kappa shape index (κ1) is 6.22. The van der Waals surface area contributed by atoms with Crippen LogP contribution in [0.1, 0.15) is 0 Å². The molecule has 0 saturated heterocycles. The minimum Gasteiger partial charge on any atom is -0.494 e. The van der Waals surface area contributed by atoms with Crippen LogP contribution in [0.3, 0.4) is 0 Å². The maximum Gasteiger partial charge on any atom is 0.182 e. The zero-order valence-electron chi connectivity index (χ0n) is 6.07. The van der Waals surface area contributed by atoms with Crippen molar-refractivity contribution in [2.24, 2.45) is 0 Å². The maximum absolute atomic E-state index is 5.07. The van der Waals surface area contributed by atoms with Gasteiger partial charge in [0.1, 0.15) is 5.75 Å². The highest BCUT2D eigenvalue weighted by atomic mass is 16.5. The fraction of sp³-hybridized carbons (Fsp3) is 0.125. The molecule has 0 amide bonds. The molecule has 2 aromatic rings. The first-order valence-electron chi connectivity index (χ1n) is 3.28. The number of hydrogen-bond acceptors (Lipinski definition) is 3. The predicted molar refractivity (Wildman–Crippen MR) is 40.6 cm³/mol. The maximum atomic E-state index is 5.07. The molecule has 11 heavy (non-hydrogen) atoms. The summed E-state index contributed by atoms with van der Waals surface area (Å²) in [5.74, 6) is 0.747. The Bertz CT molecular complexity index is 367. The number of oxazole rings is 1. The summed E-state index contributed by atoms with van der Waals surface area (Å²) in [6, 6.07) is 5.57. The van der Waals surface area contributed by atoms with Crippen LogP contribution in [0, 0.1) is 0 Å². The zero-order valence-corrected chi connectivity index (χ0v) is 6.07. The van der Waals surface area contributed by atoms with Crippen LogP contribution in [0.15, 0.2) is 29.0 Å². The van der Waals surface area contributed by atoms with Gasteiger partial charge in [-0.1, -0.05) is 6.07 Å². The van der Waals surface area contributed by atoms with Crippen LogP contribution in [0.25, 0.3) is 11.1 Å². The van der Waals surface area contributed by atoms with E-state index in [2.05, 4.69) is 4.98 Å². The molecular weight excluding hydrogens is 142 g/mol. The average Bonchev–Trinajstić information content (AvgIpc) is 2.50. The van der Waals surface area contributed by atoms with Crippen molar-refractivity contribution < 1.29 is 9.15 Å². The topological polar surface area (TPSA) is 35.3 Å². The lowest BCUT2D eigenvalue weighted by atomic mass is 10.3. The van der Waals surface area contributed by atoms with Gasteiger partial charge in [-0.25, -0.2) is 4.98 Å². The number of ether oxygens (including phenoxy) is 1. The molecule has 1 aromatic heterocycles. The van der Waals surface area contributed by atoms with Crippen molar-refractivity contribution in [3.63, 3.8) is 0 Å². The second-order valence-corrected chi connectivity index (χ2v) is 2.16. The van der Waals surface area contributed by atoms with Crippen LogP contribution in [0.4, 0.5) is 0 Å². The zero-order chi connectivity index (χ0) is 7.68. The van der Waals surface area contributed by atoms with Gasteiger partial charge in [-0.15, -0.1) is 0 Å². The van der Waals surface area contributed by atoms with Crippen molar-refractivity contribution in [1.29, 1.82) is 0 Å². The van der Waals surface area contributed by atoms with E-state index in [0.717, 1.165) is 16.8 Å². The number of rotatable bonds is 1. The number of fused-ring (bicyclic) bond motifs is 1. The van der Waals surface area contributed by atoms with Crippen LogP contribution in [-0.2, 0) is 0 Å². The van der Waals surface area contributed by atoms with E-state index >= 15 is 0 Å². The average molecular weight is 149 g/mol. The van der Waals surface area contributed by atoms with Gasteiger partial charge in [-0.3, -0.25) is 0 Å². The molecule has 0 fully saturated rings. The van der Waals surface area contributed by atoms with Gasteiger partial charge in [-0.05, 0) is 12.1 Å². The molecule has 0 aliphatic rings. The highest BCUT2D eigenvalue weighted by Gasteiger charge is 2.02. The monoisotopic (exact) mass is 149 g/mol. The molecule has 1 heterocycles. The van der Waals surface area contributed by atoms with Gasteiger partial charge in [0.15, 0.2) is 17.5 Å². The molecular formula is C8H7NO2. The van der Waals surface area contributed by atoms with Gasteiger partial charge >= 0.3 is 0 Å². The largest absolute Gasteiger partial charge is 0.494 e. The Kier molecular flexibility index (Phi) is 1.28. The molecule has 0 saturated carbocycles. The SMILES string of the molecule is COc1cccc2ocnc12. The van der Waals surface area contributed by atoms with E-state index in [-0.39, 0.29) is 0 Å². The third-order valence-electron chi connectivity index (χ3n) is 1.54. The molecule has 0 radical (unpaired) electrons. The summed E-state index contributed by atoms with van der Waals surface area (Å²) in [6.45, 7) is 0. The molecule has 0 aliphatic carbocycles. The van der Waals surface area contributed by atoms with Gasteiger partial charge in [0.05, 0.1) is 7.11 Å². The summed E-state index contributed by atoms with van der Waals surface area (Å²) in [4.78, 5) is 4.00. The van der Waals surface area contributed by atoms with E-state index < -0.39 is 0 Å². The van der Waals surface area contributed by atoms with E-state index in [4.69, 9.17) is 9.15 Å². The first-order valence-corrected chi connectivity index (χ1v) is 3.28. The van der Waals surface area contributed by atoms with Crippen molar-refractivity contribution in [3.8, 4) is 5.75 Å². The summed E-state index contributed by atoms with van der Waals surface area (Å²) in [7, 11) is 1.61. The molecule has 1 aromatic carbocycles. The van der Waals surface area contributed by atoms with Crippen molar-refractivity contribution in [2.75, 3.05) is 7.11 Å². The molecule has 3 heteroatoms. The molecule has 0 bridgehead atoms. The predicted octanol–water partition coefficient (Wildman–Crippen LogP) is 1.84. The molecule has 56 valence electrons. The minimum atomic E-state index is 0.747. The van der Waals surface area contributed by atoms with Crippen molar-refractivity contribution >= 4 is 11.1 Å². The lowest BCUT2D eigenvalue weighted by Crippen LogP contribution is -1.82. The molecule has 0 atom stereocenters. The Morgan fingerprint density at radius 1 is 1.45 bits per heavy atom. The smallest absolute Gasteiger partial charge is 0.182 e. The van der Waals surface area contributed by atoms with E-state index in [9.17, 15) is 0 Å². The van der Waals surface area contributed by atoms with Gasteiger partial charge in [-0.2, -0.15) is 0 Å². The third kappa shape index (κ3) is 0.852. The van der Waals surface area contributed by atoms with Gasteiger partial charge in [0.25, 0.3) is 0 Å². The number of hydrogen-bond donors (Lipinski definition) is 0. The van der Waals surface area contributed by atoms with Gasteiger partial charge < -0.3 is 9.15 Å². The summed E-state index contributed by atoms with van der Waals surface area (Å²) in [6.07, 6.45) is 1.41. The molecule has 0 aliphatic heterocycles. The normalized spacial score (nSPS) is 10.3. The number of nitrogens with zero attached hydrogens (tertiary/aromatic N) is 1. The summed E-state index contributed by atoms with van der Waals surface area (Å²) in [5, 5.41) is 0. The lowest BCUT2D eigenvalue weighted by molar-refractivity contribution is 0.419. The van der Waals surface area contributed by atoms with Crippen molar-refractivity contribution in [2.45, 2.75) is 0 Å². The van der Waals surface area contributed by atoms with Crippen LogP contribution in [-0.4, -0.2) is 12.1 Å².